The van der Waals surface area contributed by atoms with Crippen LogP contribution in [0.1, 0.15) is 25.7 Å². The van der Waals surface area contributed by atoms with Gasteiger partial charge in [-0.05, 0) is 19.3 Å². The minimum absolute atomic E-state index is 0.0874. The number of hydrogen-bond acceptors (Lipinski definition) is 7. The largest absolute Gasteiger partial charge is 0.481 e. The lowest BCUT2D eigenvalue weighted by Crippen LogP contribution is -2.55. The maximum atomic E-state index is 12.2. The van der Waals surface area contributed by atoms with Crippen LogP contribution in [0.5, 0.6) is 0 Å². The Balaban J connectivity index is 4.84. The summed E-state index contributed by atoms with van der Waals surface area (Å²) < 4.78 is 0. The molecule has 0 fully saturated rings. The average molecular weight is 406 g/mol. The van der Waals surface area contributed by atoms with Crippen molar-refractivity contribution in [3.63, 3.8) is 0 Å². The van der Waals surface area contributed by atoms with Gasteiger partial charge < -0.3 is 38.0 Å². The van der Waals surface area contributed by atoms with Crippen LogP contribution >= 0.6 is 12.6 Å². The summed E-state index contributed by atoms with van der Waals surface area (Å²) in [5.41, 5.74) is 16.1. The third kappa shape index (κ3) is 10.9. The number of guanidine groups is 1. The maximum absolute atomic E-state index is 12.2. The van der Waals surface area contributed by atoms with Crippen molar-refractivity contribution in [1.29, 1.82) is 0 Å². The third-order valence-electron chi connectivity index (χ3n) is 3.38. The van der Waals surface area contributed by atoms with E-state index in [1.54, 1.807) is 0 Å². The number of amides is 2. The van der Waals surface area contributed by atoms with Crippen molar-refractivity contribution in [1.82, 2.24) is 10.6 Å². The molecule has 0 spiro atoms. The van der Waals surface area contributed by atoms with Gasteiger partial charge in [0, 0.05) is 18.7 Å². The lowest BCUT2D eigenvalue weighted by molar-refractivity contribution is -0.142. The second-order valence-corrected chi connectivity index (χ2v) is 6.00. The van der Waals surface area contributed by atoms with E-state index in [1.807, 2.05) is 0 Å². The van der Waals surface area contributed by atoms with Crippen molar-refractivity contribution in [3.05, 3.63) is 0 Å². The smallest absolute Gasteiger partial charge is 0.327 e. The second-order valence-electron chi connectivity index (χ2n) is 5.63. The molecule has 0 aromatic rings. The van der Waals surface area contributed by atoms with Crippen LogP contribution in [0, 0.1) is 0 Å². The molecule has 27 heavy (non-hydrogen) atoms. The van der Waals surface area contributed by atoms with E-state index in [0.29, 0.717) is 6.42 Å². The second kappa shape index (κ2) is 12.8. The van der Waals surface area contributed by atoms with Crippen molar-refractivity contribution >= 4 is 42.3 Å². The van der Waals surface area contributed by atoms with Crippen molar-refractivity contribution in [2.75, 3.05) is 12.3 Å². The Morgan fingerprint density at radius 1 is 1.00 bits per heavy atom. The number of hydrogen-bond donors (Lipinski definition) is 8. The molecule has 0 saturated carbocycles. The van der Waals surface area contributed by atoms with E-state index in [9.17, 15) is 19.2 Å². The Kier molecular flexibility index (Phi) is 11.6. The molecule has 10 N–H and O–H groups in total. The summed E-state index contributed by atoms with van der Waals surface area (Å²) in [5.74, 6) is -4.26. The van der Waals surface area contributed by atoms with Gasteiger partial charge in [-0.1, -0.05) is 0 Å². The zero-order valence-electron chi connectivity index (χ0n) is 14.6. The van der Waals surface area contributed by atoms with Crippen LogP contribution in [0.15, 0.2) is 4.99 Å². The molecular formula is C14H26N6O6S. The Labute approximate surface area is 161 Å². The average Bonchev–Trinajstić information content (AvgIpc) is 2.58. The van der Waals surface area contributed by atoms with Gasteiger partial charge in [0.05, 0.1) is 6.04 Å². The van der Waals surface area contributed by atoms with Crippen LogP contribution < -0.4 is 27.8 Å². The topological polar surface area (TPSA) is 223 Å². The van der Waals surface area contributed by atoms with Gasteiger partial charge in [0.2, 0.25) is 11.8 Å². The normalized spacial score (nSPS) is 13.7. The van der Waals surface area contributed by atoms with Crippen molar-refractivity contribution < 1.29 is 29.4 Å². The SMILES string of the molecule is NC(N)=NCCCC(N)C(=O)NC(CCC(=O)O)C(=O)NC(CS)C(=O)O. The molecule has 2 amide bonds. The summed E-state index contributed by atoms with van der Waals surface area (Å²) in [7, 11) is 0. The van der Waals surface area contributed by atoms with Crippen molar-refractivity contribution in [2.45, 2.75) is 43.8 Å². The molecule has 0 saturated heterocycles. The molecule has 0 rings (SSSR count). The van der Waals surface area contributed by atoms with Gasteiger partial charge in [-0.3, -0.25) is 19.4 Å². The number of carboxylic acid groups (broad SMARTS) is 2. The number of carbonyl (C=O) groups excluding carboxylic acids is 2. The van der Waals surface area contributed by atoms with E-state index < -0.39 is 48.3 Å². The van der Waals surface area contributed by atoms with Crippen molar-refractivity contribution in [2.24, 2.45) is 22.2 Å². The molecule has 0 radical (unpaired) electrons. The lowest BCUT2D eigenvalue weighted by atomic mass is 10.1. The third-order valence-corrected chi connectivity index (χ3v) is 3.75. The molecule has 0 heterocycles. The Morgan fingerprint density at radius 2 is 1.59 bits per heavy atom. The van der Waals surface area contributed by atoms with E-state index in [0.717, 1.165) is 0 Å². The minimum Gasteiger partial charge on any atom is -0.481 e. The summed E-state index contributed by atoms with van der Waals surface area (Å²) in [6.07, 6.45) is 0.00668. The highest BCUT2D eigenvalue weighted by molar-refractivity contribution is 7.80. The predicted molar refractivity (Wildman–Crippen MR) is 100 cm³/mol. The molecule has 0 aromatic carbocycles. The fourth-order valence-corrected chi connectivity index (χ4v) is 2.17. The van der Waals surface area contributed by atoms with Crippen LogP contribution in [-0.4, -0.2) is 70.3 Å². The van der Waals surface area contributed by atoms with Gasteiger partial charge in [-0.2, -0.15) is 12.6 Å². The number of carboxylic acids is 2. The summed E-state index contributed by atoms with van der Waals surface area (Å²) >= 11 is 3.82. The molecule has 0 bridgehead atoms. The van der Waals surface area contributed by atoms with Gasteiger partial charge in [0.1, 0.15) is 12.1 Å². The number of aliphatic carboxylic acids is 2. The lowest BCUT2D eigenvalue weighted by Gasteiger charge is -2.22. The number of thiol groups is 1. The number of carbonyl (C=O) groups is 4. The van der Waals surface area contributed by atoms with Crippen LogP contribution in [0.3, 0.4) is 0 Å². The fourth-order valence-electron chi connectivity index (χ4n) is 1.92. The molecule has 154 valence electrons. The van der Waals surface area contributed by atoms with E-state index in [-0.39, 0.29) is 31.1 Å². The number of rotatable bonds is 13. The predicted octanol–water partition coefficient (Wildman–Crippen LogP) is -2.78. The summed E-state index contributed by atoms with van der Waals surface area (Å²) in [6, 6.07) is -3.50. The van der Waals surface area contributed by atoms with Gasteiger partial charge in [0.15, 0.2) is 5.96 Å². The Morgan fingerprint density at radius 3 is 2.07 bits per heavy atom. The molecule has 12 nitrogen and oxygen atoms in total. The van der Waals surface area contributed by atoms with Gasteiger partial charge in [-0.25, -0.2) is 4.79 Å². The molecule has 3 unspecified atom stereocenters. The number of aliphatic imine (C=N–C) groups is 1. The number of nitrogens with zero attached hydrogens (tertiary/aromatic N) is 1. The van der Waals surface area contributed by atoms with Crippen LogP contribution in [0.25, 0.3) is 0 Å². The molecule has 13 heteroatoms. The summed E-state index contributed by atoms with van der Waals surface area (Å²) in [6.45, 7) is 0.272. The zero-order valence-corrected chi connectivity index (χ0v) is 15.5. The van der Waals surface area contributed by atoms with E-state index in [2.05, 4.69) is 28.3 Å². The van der Waals surface area contributed by atoms with E-state index in [4.69, 9.17) is 27.4 Å². The first kappa shape index (κ1) is 24.5. The highest BCUT2D eigenvalue weighted by Crippen LogP contribution is 2.03. The molecular weight excluding hydrogens is 380 g/mol. The van der Waals surface area contributed by atoms with Gasteiger partial charge in [-0.15, -0.1) is 0 Å². The molecule has 0 aliphatic rings. The minimum atomic E-state index is -1.31. The molecule has 0 aliphatic heterocycles. The fraction of sp³-hybridized carbons (Fsp3) is 0.643. The first-order valence-electron chi connectivity index (χ1n) is 8.05. The Hall–Kier alpha value is -2.54. The van der Waals surface area contributed by atoms with Crippen LogP contribution in [0.4, 0.5) is 0 Å². The zero-order chi connectivity index (χ0) is 21.0. The van der Waals surface area contributed by atoms with E-state index >= 15 is 0 Å². The quantitative estimate of drug-likeness (QED) is 0.0684. The first-order valence-corrected chi connectivity index (χ1v) is 8.68. The monoisotopic (exact) mass is 406 g/mol. The standard InChI is InChI=1S/C14H26N6O6S/c15-7(2-1-5-18-14(16)17)11(23)19-8(3-4-10(21)22)12(24)20-9(6-27)13(25)26/h7-9,27H,1-6,15H2,(H,19,23)(H,20,24)(H,21,22)(H,25,26)(H4,16,17,18). The van der Waals surface area contributed by atoms with Crippen LogP contribution in [0.2, 0.25) is 0 Å². The molecule has 0 aromatic heterocycles. The molecule has 3 atom stereocenters. The highest BCUT2D eigenvalue weighted by Gasteiger charge is 2.27. The molecule has 0 aliphatic carbocycles. The first-order chi connectivity index (χ1) is 12.6. The maximum Gasteiger partial charge on any atom is 0.327 e. The van der Waals surface area contributed by atoms with Crippen molar-refractivity contribution in [3.8, 4) is 0 Å². The van der Waals surface area contributed by atoms with Gasteiger partial charge >= 0.3 is 11.9 Å². The summed E-state index contributed by atoms with van der Waals surface area (Å²) in [5, 5.41) is 22.3. The number of nitrogens with one attached hydrogen (secondary N) is 2. The number of nitrogens with two attached hydrogens (primary N) is 3. The Bertz CT molecular complexity index is 568. The van der Waals surface area contributed by atoms with Gasteiger partial charge in [0.25, 0.3) is 0 Å². The van der Waals surface area contributed by atoms with E-state index in [1.165, 1.54) is 0 Å². The summed E-state index contributed by atoms with van der Waals surface area (Å²) in [4.78, 5) is 49.8. The highest BCUT2D eigenvalue weighted by atomic mass is 32.1. The van der Waals surface area contributed by atoms with Crippen LogP contribution in [-0.2, 0) is 19.2 Å².